The largest absolute Gasteiger partial charge is 0.489 e. The first-order valence-corrected chi connectivity index (χ1v) is 10.1. The molecule has 1 aromatic carbocycles. The number of aromatic nitrogens is 4. The highest BCUT2D eigenvalue weighted by Gasteiger charge is 2.37. The van der Waals surface area contributed by atoms with Crippen LogP contribution in [0, 0.1) is 11.6 Å². The predicted molar refractivity (Wildman–Crippen MR) is 103 cm³/mol. The lowest BCUT2D eigenvalue weighted by Crippen LogP contribution is -2.41. The maximum absolute atomic E-state index is 13.6. The summed E-state index contributed by atoms with van der Waals surface area (Å²) in [7, 11) is 0. The minimum atomic E-state index is -2.95. The molecule has 2 aromatic heterocycles. The third kappa shape index (κ3) is 3.82. The number of aryl methyl sites for hydroxylation is 1. The molecule has 32 heavy (non-hydrogen) atoms. The summed E-state index contributed by atoms with van der Waals surface area (Å²) in [5, 5.41) is 4.44. The highest BCUT2D eigenvalue weighted by Crippen LogP contribution is 2.36. The van der Waals surface area contributed by atoms with Crippen molar-refractivity contribution in [3.8, 4) is 11.6 Å². The molecule has 5 rings (SSSR count). The number of alkyl halides is 2. The quantitative estimate of drug-likeness (QED) is 0.537. The lowest BCUT2D eigenvalue weighted by Gasteiger charge is -2.34. The maximum Gasteiger partial charge on any atom is 0.388 e. The molecule has 3 heterocycles. The molecule has 1 saturated carbocycles. The Morgan fingerprint density at radius 3 is 2.50 bits per heavy atom. The second-order valence-corrected chi connectivity index (χ2v) is 7.85. The van der Waals surface area contributed by atoms with Gasteiger partial charge in [-0.05, 0) is 30.2 Å². The zero-order valence-corrected chi connectivity index (χ0v) is 16.6. The molecular weight excluding hydrogens is 432 g/mol. The Balaban J connectivity index is 1.26. The van der Waals surface area contributed by atoms with Crippen molar-refractivity contribution < 1.29 is 27.0 Å². The lowest BCUT2D eigenvalue weighted by molar-refractivity contribution is -0.0529. The van der Waals surface area contributed by atoms with Gasteiger partial charge in [-0.15, -0.1) is 0 Å². The van der Waals surface area contributed by atoms with Gasteiger partial charge in [0.2, 0.25) is 5.88 Å². The van der Waals surface area contributed by atoms with Crippen molar-refractivity contribution >= 4 is 0 Å². The minimum absolute atomic E-state index is 0.162. The van der Waals surface area contributed by atoms with Crippen LogP contribution in [0.2, 0.25) is 0 Å². The Labute approximate surface area is 179 Å². The van der Waals surface area contributed by atoms with Crippen LogP contribution in [0.3, 0.4) is 0 Å². The third-order valence-electron chi connectivity index (χ3n) is 5.76. The summed E-state index contributed by atoms with van der Waals surface area (Å²) in [5.74, 6) is -0.575. The molecule has 7 nitrogen and oxygen atoms in total. The second kappa shape index (κ2) is 7.95. The lowest BCUT2D eigenvalue weighted by atomic mass is 9.89. The molecule has 1 atom stereocenters. The van der Waals surface area contributed by atoms with E-state index in [1.165, 1.54) is 39.7 Å². The molecule has 0 unspecified atom stereocenters. The van der Waals surface area contributed by atoms with Gasteiger partial charge in [0, 0.05) is 31.4 Å². The van der Waals surface area contributed by atoms with E-state index in [1.54, 1.807) is 0 Å². The molecule has 1 aliphatic heterocycles. The topological polar surface area (TPSA) is 71.2 Å². The fourth-order valence-corrected chi connectivity index (χ4v) is 4.26. The van der Waals surface area contributed by atoms with Crippen molar-refractivity contribution in [1.29, 1.82) is 0 Å². The van der Waals surface area contributed by atoms with E-state index < -0.39 is 24.3 Å². The first-order valence-electron chi connectivity index (χ1n) is 10.1. The van der Waals surface area contributed by atoms with Crippen molar-refractivity contribution in [3.63, 3.8) is 0 Å². The number of ether oxygens (including phenoxy) is 2. The number of pyridine rings is 1. The fraction of sp³-hybridized carbons (Fsp3) is 0.381. The molecule has 2 aliphatic rings. The predicted octanol–water partition coefficient (Wildman–Crippen LogP) is 3.64. The number of nitrogens with zero attached hydrogens (tertiary/aromatic N) is 4. The summed E-state index contributed by atoms with van der Waals surface area (Å²) in [6.45, 7) is -2.95. The summed E-state index contributed by atoms with van der Waals surface area (Å²) >= 11 is 0. The van der Waals surface area contributed by atoms with E-state index in [0.29, 0.717) is 42.8 Å². The second-order valence-electron chi connectivity index (χ2n) is 7.85. The van der Waals surface area contributed by atoms with E-state index in [0.717, 1.165) is 6.07 Å². The van der Waals surface area contributed by atoms with Gasteiger partial charge in [-0.3, -0.25) is 4.57 Å². The van der Waals surface area contributed by atoms with Crippen molar-refractivity contribution in [2.45, 2.75) is 50.5 Å². The zero-order valence-electron chi connectivity index (χ0n) is 16.6. The van der Waals surface area contributed by atoms with Gasteiger partial charge in [0.05, 0.1) is 18.3 Å². The van der Waals surface area contributed by atoms with Gasteiger partial charge in [-0.1, -0.05) is 0 Å². The molecule has 168 valence electrons. The summed E-state index contributed by atoms with van der Waals surface area (Å²) in [4.78, 5) is 16.7. The Morgan fingerprint density at radius 1 is 1.09 bits per heavy atom. The van der Waals surface area contributed by atoms with Crippen LogP contribution in [0.25, 0.3) is 0 Å². The molecule has 3 aromatic rings. The van der Waals surface area contributed by atoms with Crippen molar-refractivity contribution in [2.24, 2.45) is 0 Å². The van der Waals surface area contributed by atoms with Crippen molar-refractivity contribution in [3.05, 3.63) is 70.0 Å². The van der Waals surface area contributed by atoms with Gasteiger partial charge in [0.1, 0.15) is 29.3 Å². The van der Waals surface area contributed by atoms with Gasteiger partial charge < -0.3 is 9.47 Å². The van der Waals surface area contributed by atoms with E-state index in [9.17, 15) is 22.4 Å². The molecular formula is C21H18F4N4O3. The molecule has 0 radical (unpaired) electrons. The monoisotopic (exact) mass is 450 g/mol. The average Bonchev–Trinajstić information content (AvgIpc) is 3.25. The fourth-order valence-electron chi connectivity index (χ4n) is 4.26. The summed E-state index contributed by atoms with van der Waals surface area (Å²) in [5.41, 5.74) is 0.0928. The molecule has 0 N–H and O–H groups in total. The Kier molecular flexibility index (Phi) is 5.10. The standard InChI is InChI=1S/C21H18F4N4O3/c22-12-5-11(6-13(23)7-12)17-2-3-18-27-29(21(30)28(17)18)14-8-16(9-14)31-15-1-4-19(26-10-15)32-20(24)25/h1,4-7,10,14,16-17,20H,2-3,8-9H2/t14?,16?,17-/m0/s1. The van der Waals surface area contributed by atoms with Crippen molar-refractivity contribution in [1.82, 2.24) is 19.3 Å². The van der Waals surface area contributed by atoms with Gasteiger partial charge in [-0.25, -0.2) is 23.2 Å². The smallest absolute Gasteiger partial charge is 0.388 e. The van der Waals surface area contributed by atoms with E-state index in [4.69, 9.17) is 4.74 Å². The van der Waals surface area contributed by atoms with Crippen LogP contribution in [0.15, 0.2) is 41.3 Å². The number of hydrogen-bond acceptors (Lipinski definition) is 5. The van der Waals surface area contributed by atoms with Gasteiger partial charge in [0.25, 0.3) is 0 Å². The molecule has 1 fully saturated rings. The Bertz CT molecular complexity index is 1170. The molecule has 0 bridgehead atoms. The first kappa shape index (κ1) is 20.5. The summed E-state index contributed by atoms with van der Waals surface area (Å²) < 4.78 is 64.5. The van der Waals surface area contributed by atoms with E-state index >= 15 is 0 Å². The normalized spacial score (nSPS) is 22.0. The Hall–Kier alpha value is -3.37. The van der Waals surface area contributed by atoms with Gasteiger partial charge >= 0.3 is 12.3 Å². The molecule has 1 aliphatic carbocycles. The summed E-state index contributed by atoms with van der Waals surface area (Å²) in [6.07, 6.45) is 3.27. The number of hydrogen-bond donors (Lipinski definition) is 0. The number of fused-ring (bicyclic) bond motifs is 1. The molecule has 0 saturated heterocycles. The van der Waals surface area contributed by atoms with Gasteiger partial charge in [-0.2, -0.15) is 13.9 Å². The van der Waals surface area contributed by atoms with Crippen LogP contribution in [0.4, 0.5) is 17.6 Å². The average molecular weight is 450 g/mol. The maximum atomic E-state index is 13.6. The highest BCUT2D eigenvalue weighted by atomic mass is 19.3. The first-order chi connectivity index (χ1) is 15.4. The van der Waals surface area contributed by atoms with Crippen LogP contribution in [0.5, 0.6) is 11.6 Å². The number of halogens is 4. The highest BCUT2D eigenvalue weighted by molar-refractivity contribution is 5.25. The number of rotatable bonds is 6. The van der Waals surface area contributed by atoms with Crippen LogP contribution >= 0.6 is 0 Å². The van der Waals surface area contributed by atoms with E-state index in [2.05, 4.69) is 14.8 Å². The molecule has 11 heteroatoms. The van der Waals surface area contributed by atoms with Crippen LogP contribution in [-0.4, -0.2) is 32.0 Å². The van der Waals surface area contributed by atoms with Crippen LogP contribution in [0.1, 0.15) is 42.7 Å². The molecule has 0 amide bonds. The van der Waals surface area contributed by atoms with Crippen LogP contribution < -0.4 is 15.2 Å². The van der Waals surface area contributed by atoms with Crippen LogP contribution in [-0.2, 0) is 6.42 Å². The van der Waals surface area contributed by atoms with Gasteiger partial charge in [0.15, 0.2) is 0 Å². The third-order valence-corrected chi connectivity index (χ3v) is 5.76. The van der Waals surface area contributed by atoms with E-state index in [1.807, 2.05) is 0 Å². The van der Waals surface area contributed by atoms with E-state index in [-0.39, 0.29) is 23.7 Å². The minimum Gasteiger partial charge on any atom is -0.489 e. The Morgan fingerprint density at radius 2 is 1.84 bits per heavy atom. The SMILES string of the molecule is O=c1n(C2CC(Oc3ccc(OC(F)F)nc3)C2)nc2n1[C@H](c1cc(F)cc(F)c1)CC2. The molecule has 0 spiro atoms. The summed E-state index contributed by atoms with van der Waals surface area (Å²) in [6, 6.07) is 5.44. The number of benzene rings is 1. The van der Waals surface area contributed by atoms with Crippen molar-refractivity contribution in [2.75, 3.05) is 0 Å². The zero-order chi connectivity index (χ0) is 22.4.